The smallest absolute Gasteiger partial charge is 0.371 e. The fraction of sp³-hybridized carbons (Fsp3) is 0.391. The zero-order valence-electron chi connectivity index (χ0n) is 18.9. The van der Waals surface area contributed by atoms with Crippen LogP contribution in [0.15, 0.2) is 48.5 Å². The number of hydrogen-bond acceptors (Lipinski definition) is 7. The summed E-state index contributed by atoms with van der Waals surface area (Å²) in [7, 11) is -4.22. The molecular weight excluding hydrogens is 520 g/mol. The molecule has 2 fully saturated rings. The molecule has 13 heteroatoms. The number of anilines is 1. The van der Waals surface area contributed by atoms with E-state index >= 15 is 0 Å². The first-order valence-electron chi connectivity index (χ1n) is 11.2. The molecule has 0 bridgehead atoms. The predicted octanol–water partition coefficient (Wildman–Crippen LogP) is 4.51. The molecule has 0 unspecified atom stereocenters. The van der Waals surface area contributed by atoms with E-state index < -0.39 is 22.0 Å². The molecule has 2 aliphatic rings. The summed E-state index contributed by atoms with van der Waals surface area (Å²) < 4.78 is 87.7. The normalized spacial score (nSPS) is 18.3. The van der Waals surface area contributed by atoms with Crippen molar-refractivity contribution in [1.82, 2.24) is 13.7 Å². The summed E-state index contributed by atoms with van der Waals surface area (Å²) in [4.78, 5) is 6.69. The number of benzene rings is 2. The molecule has 2 aliphatic heterocycles. The van der Waals surface area contributed by atoms with E-state index in [9.17, 15) is 26.0 Å². The van der Waals surface area contributed by atoms with Gasteiger partial charge < -0.3 is 9.08 Å². The van der Waals surface area contributed by atoms with Gasteiger partial charge >= 0.3 is 16.5 Å². The maximum atomic E-state index is 13.1. The molecular formula is C23H22F4N4O3S2. The molecule has 36 heavy (non-hydrogen) atoms. The lowest BCUT2D eigenvalue weighted by molar-refractivity contribution is -0.137. The molecule has 0 N–H and O–H groups in total. The van der Waals surface area contributed by atoms with Gasteiger partial charge in [-0.25, -0.2) is 9.37 Å². The van der Waals surface area contributed by atoms with Gasteiger partial charge in [0.1, 0.15) is 17.4 Å². The van der Waals surface area contributed by atoms with Crippen LogP contribution in [0.3, 0.4) is 0 Å². The van der Waals surface area contributed by atoms with E-state index in [4.69, 9.17) is 4.18 Å². The number of piperidine rings is 1. The highest BCUT2D eigenvalue weighted by Crippen LogP contribution is 2.43. The topological polar surface area (TPSA) is 75.6 Å². The van der Waals surface area contributed by atoms with Crippen molar-refractivity contribution in [2.75, 3.05) is 31.1 Å². The van der Waals surface area contributed by atoms with Gasteiger partial charge in [0.15, 0.2) is 0 Å². The van der Waals surface area contributed by atoms with Crippen molar-refractivity contribution in [2.45, 2.75) is 25.4 Å². The molecule has 5 rings (SSSR count). The average Bonchev–Trinajstić information content (AvgIpc) is 3.26. The van der Waals surface area contributed by atoms with E-state index in [1.807, 2.05) is 0 Å². The van der Waals surface area contributed by atoms with Crippen molar-refractivity contribution >= 4 is 27.0 Å². The molecule has 192 valence electrons. The highest BCUT2D eigenvalue weighted by Gasteiger charge is 2.47. The number of halogens is 4. The Morgan fingerprint density at radius 2 is 1.75 bits per heavy atom. The lowest BCUT2D eigenvalue weighted by Crippen LogP contribution is -2.61. The van der Waals surface area contributed by atoms with Gasteiger partial charge in [0.2, 0.25) is 5.13 Å². The van der Waals surface area contributed by atoms with Crippen LogP contribution >= 0.6 is 11.5 Å². The highest BCUT2D eigenvalue weighted by atomic mass is 32.2. The van der Waals surface area contributed by atoms with Crippen LogP contribution in [-0.4, -0.2) is 48.3 Å². The molecule has 3 heterocycles. The average molecular weight is 543 g/mol. The number of nitrogens with zero attached hydrogens (tertiary/aromatic N) is 4. The maximum absolute atomic E-state index is 13.1. The monoisotopic (exact) mass is 542 g/mol. The van der Waals surface area contributed by atoms with Crippen molar-refractivity contribution in [2.24, 2.45) is 5.41 Å². The third kappa shape index (κ3) is 5.32. The minimum Gasteiger partial charge on any atom is -0.371 e. The van der Waals surface area contributed by atoms with Crippen LogP contribution in [0.25, 0.3) is 0 Å². The SMILES string of the molecule is O=S(=O)(Oc1cccc(C(F)(F)F)c1)N1CCC2(CC1)CN(c1nc(Cc3ccc(F)cc3)ns1)C2. The molecule has 1 aromatic heterocycles. The summed E-state index contributed by atoms with van der Waals surface area (Å²) in [5.74, 6) is 0.000440. The van der Waals surface area contributed by atoms with Gasteiger partial charge in [0.05, 0.1) is 5.56 Å². The Labute approximate surface area is 209 Å². The first-order valence-corrected chi connectivity index (χ1v) is 13.3. The molecule has 0 atom stereocenters. The first kappa shape index (κ1) is 24.9. The van der Waals surface area contributed by atoms with Gasteiger partial charge in [-0.2, -0.15) is 30.3 Å². The van der Waals surface area contributed by atoms with Crippen LogP contribution in [0.2, 0.25) is 0 Å². The van der Waals surface area contributed by atoms with Crippen LogP contribution < -0.4 is 9.08 Å². The van der Waals surface area contributed by atoms with Gasteiger partial charge in [-0.05, 0) is 48.7 Å². The van der Waals surface area contributed by atoms with Crippen LogP contribution in [0.1, 0.15) is 29.8 Å². The molecule has 7 nitrogen and oxygen atoms in total. The predicted molar refractivity (Wildman–Crippen MR) is 126 cm³/mol. The van der Waals surface area contributed by atoms with Gasteiger partial charge in [0, 0.05) is 49.5 Å². The van der Waals surface area contributed by atoms with E-state index in [0.717, 1.165) is 35.9 Å². The standard InChI is InChI=1S/C23H22F4N4O3S2/c24-18-6-4-16(5-7-18)12-20-28-21(35-29-20)30-14-22(15-30)8-10-31(11-9-22)36(32,33)34-19-3-1-2-17(13-19)23(25,26)27/h1-7,13H,8-12,14-15H2. The zero-order valence-corrected chi connectivity index (χ0v) is 20.5. The van der Waals surface area contributed by atoms with Crippen LogP contribution in [-0.2, 0) is 22.9 Å². The number of hydrogen-bond donors (Lipinski definition) is 0. The second-order valence-electron chi connectivity index (χ2n) is 9.12. The Balaban J connectivity index is 1.14. The molecule has 0 saturated carbocycles. The summed E-state index contributed by atoms with van der Waals surface area (Å²) in [5, 5.41) is 0.792. The first-order chi connectivity index (χ1) is 17.0. The van der Waals surface area contributed by atoms with Crippen LogP contribution in [0.5, 0.6) is 5.75 Å². The summed E-state index contributed by atoms with van der Waals surface area (Å²) >= 11 is 1.30. The van der Waals surface area contributed by atoms with E-state index in [1.54, 1.807) is 12.1 Å². The molecule has 3 aromatic rings. The van der Waals surface area contributed by atoms with E-state index in [-0.39, 0.29) is 30.1 Å². The van der Waals surface area contributed by atoms with Gasteiger partial charge in [-0.1, -0.05) is 18.2 Å². The molecule has 2 saturated heterocycles. The lowest BCUT2D eigenvalue weighted by atomic mass is 9.73. The zero-order chi connectivity index (χ0) is 25.6. The fourth-order valence-corrected chi connectivity index (χ4v) is 6.29. The van der Waals surface area contributed by atoms with Crippen molar-refractivity contribution in [3.8, 4) is 5.75 Å². The number of alkyl halides is 3. The Kier molecular flexibility index (Phi) is 6.41. The summed E-state index contributed by atoms with van der Waals surface area (Å²) in [6, 6.07) is 10.0. The van der Waals surface area contributed by atoms with Gasteiger partial charge in [0.25, 0.3) is 0 Å². The van der Waals surface area contributed by atoms with Crippen LogP contribution in [0.4, 0.5) is 22.7 Å². The molecule has 2 aromatic carbocycles. The van der Waals surface area contributed by atoms with Crippen molar-refractivity contribution in [1.29, 1.82) is 0 Å². The van der Waals surface area contributed by atoms with E-state index in [0.29, 0.717) is 31.2 Å². The minimum atomic E-state index is -4.59. The Morgan fingerprint density at radius 1 is 1.06 bits per heavy atom. The lowest BCUT2D eigenvalue weighted by Gasteiger charge is -2.53. The summed E-state index contributed by atoms with van der Waals surface area (Å²) in [6.45, 7) is 1.89. The largest absolute Gasteiger partial charge is 0.416 e. The van der Waals surface area contributed by atoms with E-state index in [2.05, 4.69) is 14.3 Å². The second kappa shape index (κ2) is 9.27. The van der Waals surface area contributed by atoms with Crippen LogP contribution in [0, 0.1) is 11.2 Å². The Morgan fingerprint density at radius 3 is 2.42 bits per heavy atom. The van der Waals surface area contributed by atoms with Crippen molar-refractivity contribution in [3.63, 3.8) is 0 Å². The molecule has 0 amide bonds. The maximum Gasteiger partial charge on any atom is 0.416 e. The quantitative estimate of drug-likeness (QED) is 0.427. The molecule has 1 spiro atoms. The second-order valence-corrected chi connectivity index (χ2v) is 11.4. The Hall–Kier alpha value is -2.77. The minimum absolute atomic E-state index is 0.0506. The van der Waals surface area contributed by atoms with Gasteiger partial charge in [-0.3, -0.25) is 0 Å². The van der Waals surface area contributed by atoms with Gasteiger partial charge in [-0.15, -0.1) is 0 Å². The molecule has 0 radical (unpaired) electrons. The van der Waals surface area contributed by atoms with Crippen molar-refractivity contribution < 1.29 is 30.2 Å². The number of aromatic nitrogens is 2. The Bertz CT molecular complexity index is 1330. The summed E-state index contributed by atoms with van der Waals surface area (Å²) in [6.07, 6.45) is -2.87. The third-order valence-corrected chi connectivity index (χ3v) is 8.73. The summed E-state index contributed by atoms with van der Waals surface area (Å²) in [5.41, 5.74) is -0.105. The fourth-order valence-electron chi connectivity index (χ4n) is 4.53. The third-order valence-electron chi connectivity index (χ3n) is 6.52. The number of rotatable bonds is 6. The van der Waals surface area contributed by atoms with E-state index in [1.165, 1.54) is 34.0 Å². The molecule has 0 aliphatic carbocycles. The highest BCUT2D eigenvalue weighted by molar-refractivity contribution is 7.84. The van der Waals surface area contributed by atoms with Crippen molar-refractivity contribution in [3.05, 3.63) is 71.3 Å².